The van der Waals surface area contributed by atoms with E-state index in [0.717, 1.165) is 32.4 Å². The maximum Gasteiger partial charge on any atom is 0.450 e. The van der Waals surface area contributed by atoms with Crippen LogP contribution < -0.4 is 5.43 Å². The Morgan fingerprint density at radius 1 is 1.10 bits per heavy atom. The minimum atomic E-state index is -4.90. The summed E-state index contributed by atoms with van der Waals surface area (Å²) in [6, 6.07) is 8.28. The molecular weight excluding hydrogens is 499 g/mol. The molecule has 4 rings (SSSR count). The highest BCUT2D eigenvalue weighted by Crippen LogP contribution is 2.39. The summed E-state index contributed by atoms with van der Waals surface area (Å²) in [7, 11) is 0. The van der Waals surface area contributed by atoms with Crippen molar-refractivity contribution in [2.75, 3.05) is 13.1 Å². The number of benzene rings is 2. The van der Waals surface area contributed by atoms with Crippen LogP contribution in [0.4, 0.5) is 13.2 Å². The van der Waals surface area contributed by atoms with Gasteiger partial charge in [-0.25, -0.2) is 0 Å². The fourth-order valence-corrected chi connectivity index (χ4v) is 4.09. The fraction of sp³-hybridized carbons (Fsp3) is 0.318. The van der Waals surface area contributed by atoms with Crippen molar-refractivity contribution in [3.8, 4) is 16.9 Å². The molecular formula is C22H20BrClF3NO3. The number of likely N-dealkylation sites (tertiary alicyclic amines) is 1. The molecule has 1 saturated heterocycles. The summed E-state index contributed by atoms with van der Waals surface area (Å²) in [6.45, 7) is 1.75. The Bertz CT molecular complexity index is 1160. The number of halogens is 5. The van der Waals surface area contributed by atoms with Crippen molar-refractivity contribution in [3.05, 3.63) is 63.0 Å². The van der Waals surface area contributed by atoms with Crippen LogP contribution in [0.5, 0.6) is 5.75 Å². The van der Waals surface area contributed by atoms with Gasteiger partial charge in [-0.15, -0.1) is 17.0 Å². The highest BCUT2D eigenvalue weighted by molar-refractivity contribution is 8.93. The van der Waals surface area contributed by atoms with Crippen LogP contribution in [0.25, 0.3) is 22.1 Å². The zero-order chi connectivity index (χ0) is 21.5. The molecule has 31 heavy (non-hydrogen) atoms. The highest BCUT2D eigenvalue weighted by atomic mass is 79.9. The predicted molar refractivity (Wildman–Crippen MR) is 119 cm³/mol. The molecule has 1 fully saturated rings. The molecule has 0 amide bonds. The van der Waals surface area contributed by atoms with E-state index in [1.807, 2.05) is 4.90 Å². The van der Waals surface area contributed by atoms with Gasteiger partial charge in [-0.2, -0.15) is 13.2 Å². The molecule has 0 spiro atoms. The Kier molecular flexibility index (Phi) is 7.03. The van der Waals surface area contributed by atoms with Crippen LogP contribution in [0.2, 0.25) is 5.02 Å². The van der Waals surface area contributed by atoms with Crippen LogP contribution in [0, 0.1) is 0 Å². The van der Waals surface area contributed by atoms with E-state index in [9.17, 15) is 23.1 Å². The van der Waals surface area contributed by atoms with Gasteiger partial charge in [0.2, 0.25) is 11.2 Å². The van der Waals surface area contributed by atoms with Crippen LogP contribution >= 0.6 is 28.6 Å². The molecule has 0 bridgehead atoms. The molecule has 1 aromatic heterocycles. The summed E-state index contributed by atoms with van der Waals surface area (Å²) in [4.78, 5) is 15.2. The summed E-state index contributed by atoms with van der Waals surface area (Å²) in [5.41, 5.74) is -1.42. The van der Waals surface area contributed by atoms with Crippen LogP contribution in [0.15, 0.2) is 45.6 Å². The molecule has 1 aliphatic rings. The number of phenols is 1. The lowest BCUT2D eigenvalue weighted by Gasteiger charge is -2.27. The third-order valence-corrected chi connectivity index (χ3v) is 5.57. The van der Waals surface area contributed by atoms with E-state index in [2.05, 4.69) is 0 Å². The summed E-state index contributed by atoms with van der Waals surface area (Å²) in [6.07, 6.45) is -1.86. The van der Waals surface area contributed by atoms with Gasteiger partial charge in [-0.05, 0) is 55.8 Å². The summed E-state index contributed by atoms with van der Waals surface area (Å²) >= 11 is 5.93. The van der Waals surface area contributed by atoms with Gasteiger partial charge in [-0.1, -0.05) is 30.2 Å². The molecule has 2 heterocycles. The quantitative estimate of drug-likeness (QED) is 0.436. The number of fused-ring (bicyclic) bond motifs is 1. The number of piperidine rings is 1. The van der Waals surface area contributed by atoms with Crippen molar-refractivity contribution in [3.63, 3.8) is 0 Å². The summed E-state index contributed by atoms with van der Waals surface area (Å²) in [5, 5.41) is 10.6. The van der Waals surface area contributed by atoms with Gasteiger partial charge in [0.25, 0.3) is 0 Å². The number of alkyl halides is 3. The Balaban J connectivity index is 0.00000272. The van der Waals surface area contributed by atoms with Gasteiger partial charge in [0.05, 0.1) is 16.5 Å². The van der Waals surface area contributed by atoms with Gasteiger partial charge >= 0.3 is 6.18 Å². The average Bonchev–Trinajstić information content (AvgIpc) is 2.70. The van der Waals surface area contributed by atoms with Gasteiger partial charge in [-0.3, -0.25) is 9.69 Å². The maximum absolute atomic E-state index is 13.9. The van der Waals surface area contributed by atoms with Crippen molar-refractivity contribution in [2.24, 2.45) is 0 Å². The third kappa shape index (κ3) is 4.76. The number of hydrogen-bond donors (Lipinski definition) is 1. The number of nitrogens with zero attached hydrogens (tertiary/aromatic N) is 1. The predicted octanol–water partition coefficient (Wildman–Crippen LogP) is 6.40. The summed E-state index contributed by atoms with van der Waals surface area (Å²) < 4.78 is 47.0. The first-order chi connectivity index (χ1) is 14.3. The number of hydrogen-bond acceptors (Lipinski definition) is 4. The van der Waals surface area contributed by atoms with E-state index >= 15 is 0 Å². The van der Waals surface area contributed by atoms with Crippen LogP contribution in [-0.4, -0.2) is 23.1 Å². The lowest BCUT2D eigenvalue weighted by atomic mass is 10.00. The highest BCUT2D eigenvalue weighted by Gasteiger charge is 2.40. The molecule has 0 atom stereocenters. The van der Waals surface area contributed by atoms with Crippen LogP contribution in [0.1, 0.15) is 30.6 Å². The van der Waals surface area contributed by atoms with Crippen molar-refractivity contribution in [1.82, 2.24) is 4.90 Å². The van der Waals surface area contributed by atoms with Crippen molar-refractivity contribution in [2.45, 2.75) is 32.0 Å². The van der Waals surface area contributed by atoms with Gasteiger partial charge in [0.1, 0.15) is 11.3 Å². The number of rotatable bonds is 3. The van der Waals surface area contributed by atoms with E-state index in [4.69, 9.17) is 16.0 Å². The molecule has 9 heteroatoms. The minimum Gasteiger partial charge on any atom is -0.507 e. The largest absolute Gasteiger partial charge is 0.507 e. The Morgan fingerprint density at radius 3 is 2.45 bits per heavy atom. The normalized spacial score (nSPS) is 15.1. The molecule has 0 radical (unpaired) electrons. The van der Waals surface area contributed by atoms with E-state index in [-0.39, 0.29) is 56.4 Å². The fourth-order valence-electron chi connectivity index (χ4n) is 3.90. The first-order valence-corrected chi connectivity index (χ1v) is 10.0. The smallest absolute Gasteiger partial charge is 0.450 e. The number of aromatic hydroxyl groups is 1. The molecule has 166 valence electrons. The van der Waals surface area contributed by atoms with E-state index in [1.165, 1.54) is 36.4 Å². The first-order valence-electron chi connectivity index (χ1n) is 9.63. The lowest BCUT2D eigenvalue weighted by Crippen LogP contribution is -2.29. The molecule has 0 aliphatic carbocycles. The molecule has 1 N–H and O–H groups in total. The lowest BCUT2D eigenvalue weighted by molar-refractivity contribution is -0.152. The van der Waals surface area contributed by atoms with Crippen LogP contribution in [0.3, 0.4) is 0 Å². The SMILES string of the molecule is Br.O=c1c(-c2cccc(Cl)c2)c(C(F)(F)F)oc2c(CN3CCCCC3)c(O)ccc12. The van der Waals surface area contributed by atoms with Crippen molar-refractivity contribution < 1.29 is 22.7 Å². The van der Waals surface area contributed by atoms with E-state index in [1.54, 1.807) is 0 Å². The Hall–Kier alpha value is -2.03. The summed E-state index contributed by atoms with van der Waals surface area (Å²) in [5.74, 6) is -1.59. The van der Waals surface area contributed by atoms with E-state index in [0.29, 0.717) is 0 Å². The second-order valence-electron chi connectivity index (χ2n) is 7.42. The maximum atomic E-state index is 13.9. The van der Waals surface area contributed by atoms with Crippen LogP contribution in [-0.2, 0) is 12.7 Å². The Morgan fingerprint density at radius 2 is 1.81 bits per heavy atom. The monoisotopic (exact) mass is 517 g/mol. The topological polar surface area (TPSA) is 53.7 Å². The molecule has 0 unspecified atom stereocenters. The standard InChI is InChI=1S/C22H19ClF3NO3.BrH/c23-14-6-4-5-13(11-14)18-19(29)15-7-8-17(28)16(12-27-9-2-1-3-10-27)20(15)30-21(18)22(24,25)26;/h4-8,11,28H,1-3,9-10,12H2;1H. The van der Waals surface area contributed by atoms with Gasteiger partial charge < -0.3 is 9.52 Å². The number of phenolic OH excluding ortho intramolecular Hbond substituents is 1. The molecule has 0 saturated carbocycles. The van der Waals surface area contributed by atoms with E-state index < -0.39 is 22.9 Å². The molecule has 1 aliphatic heterocycles. The second-order valence-corrected chi connectivity index (χ2v) is 7.86. The first kappa shape index (κ1) is 23.6. The van der Waals surface area contributed by atoms with Gasteiger partial charge in [0, 0.05) is 11.6 Å². The molecule has 3 aromatic rings. The third-order valence-electron chi connectivity index (χ3n) is 5.34. The zero-order valence-electron chi connectivity index (χ0n) is 16.3. The average molecular weight is 519 g/mol. The Labute approximate surface area is 192 Å². The van der Waals surface area contributed by atoms with Gasteiger partial charge in [0.15, 0.2) is 0 Å². The van der Waals surface area contributed by atoms with Crippen molar-refractivity contribution in [1.29, 1.82) is 0 Å². The zero-order valence-corrected chi connectivity index (χ0v) is 18.8. The molecule has 4 nitrogen and oxygen atoms in total. The van der Waals surface area contributed by atoms with Crippen molar-refractivity contribution >= 4 is 39.6 Å². The minimum absolute atomic E-state index is 0. The molecule has 2 aromatic carbocycles. The second kappa shape index (κ2) is 9.22.